The summed E-state index contributed by atoms with van der Waals surface area (Å²) in [5.74, 6) is 0. The average Bonchev–Trinajstić information content (AvgIpc) is 1.99. The summed E-state index contributed by atoms with van der Waals surface area (Å²) < 4.78 is 0. The molecule has 0 aromatic rings. The van der Waals surface area contributed by atoms with Crippen molar-refractivity contribution in [3.63, 3.8) is 0 Å². The summed E-state index contributed by atoms with van der Waals surface area (Å²) in [5.41, 5.74) is -0.499. The molecule has 0 aliphatic carbocycles. The average molecular weight is 199 g/mol. The summed E-state index contributed by atoms with van der Waals surface area (Å²) >= 11 is 0. The third-order valence-corrected chi connectivity index (χ3v) is 3.54. The molecular weight excluding hydrogens is 176 g/mol. The monoisotopic (exact) mass is 199 g/mol. The Morgan fingerprint density at radius 2 is 1.71 bits per heavy atom. The molecule has 0 bridgehead atoms. The third-order valence-electron chi connectivity index (χ3n) is 3.54. The van der Waals surface area contributed by atoms with Crippen LogP contribution in [-0.4, -0.2) is 41.2 Å². The van der Waals surface area contributed by atoms with Gasteiger partial charge >= 0.3 is 0 Å². The Bertz CT molecular complexity index is 207. The first-order valence-corrected chi connectivity index (χ1v) is 5.33. The molecule has 0 spiro atoms. The Balaban J connectivity index is 2.91. The van der Waals surface area contributed by atoms with E-state index in [0.29, 0.717) is 6.04 Å². The van der Waals surface area contributed by atoms with Gasteiger partial charge in [-0.05, 0) is 54.6 Å². The van der Waals surface area contributed by atoms with Gasteiger partial charge in [0.2, 0.25) is 0 Å². The number of hydrogen-bond acceptors (Lipinski definition) is 2. The Morgan fingerprint density at radius 1 is 1.21 bits per heavy atom. The van der Waals surface area contributed by atoms with Crippen molar-refractivity contribution in [3.8, 4) is 0 Å². The fraction of sp³-hybridized carbons (Fsp3) is 1.00. The Hall–Kier alpha value is -0.120. The zero-order chi connectivity index (χ0) is 11.1. The predicted molar refractivity (Wildman–Crippen MR) is 57.4 cm³/mol. The molecule has 0 saturated carbocycles. The molecule has 3 heteroatoms. The Kier molecular flexibility index (Phi) is 2.96. The summed E-state index contributed by atoms with van der Waals surface area (Å²) in [5, 5.41) is 13.5. The maximum absolute atomic E-state index is 12.2. The fourth-order valence-electron chi connectivity index (χ4n) is 2.75. The van der Waals surface area contributed by atoms with Gasteiger partial charge in [-0.2, -0.15) is 0 Å². The van der Waals surface area contributed by atoms with E-state index in [1.807, 2.05) is 27.7 Å². The standard InChI is InChI=1S/C11H23N2O/c1-10(2)8-7-9(12(5)6)11(3,4)13(10)14/h9H,7-8H2,1-6H3. The van der Waals surface area contributed by atoms with E-state index >= 15 is 0 Å². The lowest BCUT2D eigenvalue weighted by Gasteiger charge is -2.53. The van der Waals surface area contributed by atoms with Crippen LogP contribution >= 0.6 is 0 Å². The number of rotatable bonds is 1. The molecule has 1 unspecified atom stereocenters. The van der Waals surface area contributed by atoms with Crippen LogP contribution < -0.4 is 0 Å². The van der Waals surface area contributed by atoms with E-state index < -0.39 is 0 Å². The van der Waals surface area contributed by atoms with Crippen LogP contribution in [0.15, 0.2) is 0 Å². The summed E-state index contributed by atoms with van der Waals surface area (Å²) in [6.45, 7) is 8.17. The molecule has 0 amide bonds. The summed E-state index contributed by atoms with van der Waals surface area (Å²) in [7, 11) is 4.11. The lowest BCUT2D eigenvalue weighted by atomic mass is 9.78. The number of hydrogen-bond donors (Lipinski definition) is 0. The quantitative estimate of drug-likeness (QED) is 0.645. The first kappa shape index (κ1) is 12.0. The molecule has 1 aliphatic rings. The van der Waals surface area contributed by atoms with Crippen molar-refractivity contribution in [3.05, 3.63) is 0 Å². The number of piperidine rings is 1. The van der Waals surface area contributed by atoms with Crippen LogP contribution in [0.25, 0.3) is 0 Å². The smallest absolute Gasteiger partial charge is 0.0598 e. The van der Waals surface area contributed by atoms with Crippen molar-refractivity contribution >= 4 is 0 Å². The Morgan fingerprint density at radius 3 is 2.14 bits per heavy atom. The van der Waals surface area contributed by atoms with Gasteiger partial charge in [-0.1, -0.05) is 0 Å². The summed E-state index contributed by atoms with van der Waals surface area (Å²) in [6, 6.07) is 0.355. The van der Waals surface area contributed by atoms with Gasteiger partial charge in [0, 0.05) is 11.6 Å². The van der Waals surface area contributed by atoms with Crippen molar-refractivity contribution < 1.29 is 5.21 Å². The van der Waals surface area contributed by atoms with Gasteiger partial charge in [-0.15, -0.1) is 10.3 Å². The second kappa shape index (κ2) is 3.47. The number of nitrogens with zero attached hydrogens (tertiary/aromatic N) is 2. The van der Waals surface area contributed by atoms with Crippen LogP contribution in [0.5, 0.6) is 0 Å². The van der Waals surface area contributed by atoms with Gasteiger partial charge < -0.3 is 4.90 Å². The van der Waals surface area contributed by atoms with Crippen LogP contribution in [0, 0.1) is 0 Å². The van der Waals surface area contributed by atoms with Gasteiger partial charge in [-0.25, -0.2) is 0 Å². The molecule has 1 saturated heterocycles. The minimum absolute atomic E-state index is 0.212. The minimum atomic E-state index is -0.286. The maximum Gasteiger partial charge on any atom is 0.0598 e. The second-order valence-electron chi connectivity index (χ2n) is 5.78. The first-order chi connectivity index (χ1) is 6.19. The molecule has 14 heavy (non-hydrogen) atoms. The van der Waals surface area contributed by atoms with E-state index in [2.05, 4.69) is 19.0 Å². The highest BCUT2D eigenvalue weighted by Crippen LogP contribution is 2.38. The highest BCUT2D eigenvalue weighted by Gasteiger charge is 2.48. The van der Waals surface area contributed by atoms with Crippen LogP contribution in [0.3, 0.4) is 0 Å². The van der Waals surface area contributed by atoms with Crippen molar-refractivity contribution in [2.75, 3.05) is 14.1 Å². The second-order valence-corrected chi connectivity index (χ2v) is 5.78. The van der Waals surface area contributed by atoms with Gasteiger partial charge in [0.15, 0.2) is 0 Å². The molecule has 3 nitrogen and oxygen atoms in total. The minimum Gasteiger partial charge on any atom is -0.305 e. The largest absolute Gasteiger partial charge is 0.305 e. The van der Waals surface area contributed by atoms with E-state index in [0.717, 1.165) is 12.8 Å². The SMILES string of the molecule is CN(C)C1CCC(C)(C)N([O])C1(C)C. The number of likely N-dealkylation sites (N-methyl/N-ethyl adjacent to an activating group) is 1. The lowest BCUT2D eigenvalue weighted by Crippen LogP contribution is -2.65. The number of hydroxylamine groups is 2. The predicted octanol–water partition coefficient (Wildman–Crippen LogP) is 1.92. The normalized spacial score (nSPS) is 32.1. The van der Waals surface area contributed by atoms with Crippen LogP contribution in [0.4, 0.5) is 0 Å². The topological polar surface area (TPSA) is 26.4 Å². The van der Waals surface area contributed by atoms with Crippen molar-refractivity contribution in [2.24, 2.45) is 0 Å². The zero-order valence-electron chi connectivity index (χ0n) is 10.3. The highest BCUT2D eigenvalue weighted by atomic mass is 16.5. The third kappa shape index (κ3) is 1.81. The molecule has 0 aromatic heterocycles. The molecule has 1 fully saturated rings. The molecule has 0 N–H and O–H groups in total. The molecule has 1 rings (SSSR count). The van der Waals surface area contributed by atoms with Gasteiger partial charge in [0.1, 0.15) is 0 Å². The van der Waals surface area contributed by atoms with E-state index in [-0.39, 0.29) is 11.1 Å². The lowest BCUT2D eigenvalue weighted by molar-refractivity contribution is -0.299. The molecule has 1 atom stereocenters. The van der Waals surface area contributed by atoms with Crippen molar-refractivity contribution in [2.45, 2.75) is 57.7 Å². The van der Waals surface area contributed by atoms with E-state index in [1.165, 1.54) is 5.06 Å². The molecule has 83 valence electrons. The van der Waals surface area contributed by atoms with E-state index in [1.54, 1.807) is 0 Å². The summed E-state index contributed by atoms with van der Waals surface area (Å²) in [6.07, 6.45) is 2.08. The fourth-order valence-corrected chi connectivity index (χ4v) is 2.75. The van der Waals surface area contributed by atoms with Gasteiger partial charge in [-0.3, -0.25) is 0 Å². The van der Waals surface area contributed by atoms with Crippen LogP contribution in [-0.2, 0) is 5.21 Å². The van der Waals surface area contributed by atoms with Crippen molar-refractivity contribution in [1.82, 2.24) is 9.96 Å². The Labute approximate surface area is 87.7 Å². The molecule has 1 radical (unpaired) electrons. The molecule has 1 heterocycles. The first-order valence-electron chi connectivity index (χ1n) is 5.33. The van der Waals surface area contributed by atoms with Crippen molar-refractivity contribution in [1.29, 1.82) is 0 Å². The summed E-state index contributed by atoms with van der Waals surface area (Å²) in [4.78, 5) is 2.17. The maximum atomic E-state index is 12.2. The zero-order valence-corrected chi connectivity index (χ0v) is 10.3. The molecule has 1 aliphatic heterocycles. The van der Waals surface area contributed by atoms with Gasteiger partial charge in [0.05, 0.1) is 5.54 Å². The molecule has 0 aromatic carbocycles. The van der Waals surface area contributed by atoms with E-state index in [9.17, 15) is 5.21 Å². The van der Waals surface area contributed by atoms with E-state index in [4.69, 9.17) is 0 Å². The van der Waals surface area contributed by atoms with Crippen LogP contribution in [0.2, 0.25) is 0 Å². The van der Waals surface area contributed by atoms with Gasteiger partial charge in [0.25, 0.3) is 0 Å². The van der Waals surface area contributed by atoms with Crippen LogP contribution in [0.1, 0.15) is 40.5 Å². The molecular formula is C11H23N2O. The highest BCUT2D eigenvalue weighted by molar-refractivity contribution is 5.00.